The standard InChI is InChI=1S/C11H22N2O/c1-3-4-5-7-13(2)10-11-9-12-6-8-14-11/h3,11-12H,1,4-10H2,2H3. The number of morpholine rings is 1. The van der Waals surface area contributed by atoms with E-state index in [2.05, 4.69) is 23.8 Å². The Morgan fingerprint density at radius 2 is 2.50 bits per heavy atom. The summed E-state index contributed by atoms with van der Waals surface area (Å²) in [5.41, 5.74) is 0. The summed E-state index contributed by atoms with van der Waals surface area (Å²) in [7, 11) is 2.15. The molecule has 82 valence electrons. The minimum absolute atomic E-state index is 0.373. The van der Waals surface area contributed by atoms with Crippen LogP contribution in [0.15, 0.2) is 12.7 Å². The zero-order chi connectivity index (χ0) is 10.2. The molecule has 1 aliphatic rings. The van der Waals surface area contributed by atoms with Crippen LogP contribution < -0.4 is 5.32 Å². The normalized spacial score (nSPS) is 22.6. The lowest BCUT2D eigenvalue weighted by Gasteiger charge is -2.27. The Kier molecular flexibility index (Phi) is 5.83. The Hall–Kier alpha value is -0.380. The lowest BCUT2D eigenvalue weighted by Crippen LogP contribution is -2.44. The van der Waals surface area contributed by atoms with E-state index in [0.717, 1.165) is 39.2 Å². The highest BCUT2D eigenvalue weighted by Gasteiger charge is 2.14. The van der Waals surface area contributed by atoms with Gasteiger partial charge in [0.1, 0.15) is 0 Å². The predicted octanol–water partition coefficient (Wildman–Crippen LogP) is 0.873. The third-order valence-corrected chi connectivity index (χ3v) is 2.47. The second kappa shape index (κ2) is 6.98. The summed E-state index contributed by atoms with van der Waals surface area (Å²) in [5, 5.41) is 3.34. The molecule has 1 heterocycles. The van der Waals surface area contributed by atoms with Crippen molar-refractivity contribution in [3.05, 3.63) is 12.7 Å². The van der Waals surface area contributed by atoms with E-state index < -0.39 is 0 Å². The molecule has 0 aromatic rings. The SMILES string of the molecule is C=CCCCN(C)CC1CNCCO1. The quantitative estimate of drug-likeness (QED) is 0.506. The molecule has 0 saturated carbocycles. The Balaban J connectivity index is 2.05. The van der Waals surface area contributed by atoms with Crippen LogP contribution in [0.5, 0.6) is 0 Å². The van der Waals surface area contributed by atoms with Crippen LogP contribution >= 0.6 is 0 Å². The first-order valence-electron chi connectivity index (χ1n) is 5.44. The van der Waals surface area contributed by atoms with Gasteiger partial charge in [0.2, 0.25) is 0 Å². The molecular formula is C11H22N2O. The number of hydrogen-bond acceptors (Lipinski definition) is 3. The maximum Gasteiger partial charge on any atom is 0.0826 e. The molecule has 1 unspecified atom stereocenters. The largest absolute Gasteiger partial charge is 0.374 e. The first-order chi connectivity index (χ1) is 6.83. The van der Waals surface area contributed by atoms with Crippen molar-refractivity contribution in [1.82, 2.24) is 10.2 Å². The van der Waals surface area contributed by atoms with Gasteiger partial charge in [0.05, 0.1) is 12.7 Å². The molecule has 0 radical (unpaired) electrons. The highest BCUT2D eigenvalue weighted by atomic mass is 16.5. The van der Waals surface area contributed by atoms with Crippen LogP contribution in [-0.2, 0) is 4.74 Å². The van der Waals surface area contributed by atoms with E-state index in [-0.39, 0.29) is 0 Å². The zero-order valence-corrected chi connectivity index (χ0v) is 9.17. The molecule has 0 aromatic carbocycles. The summed E-state index contributed by atoms with van der Waals surface area (Å²) >= 11 is 0. The molecule has 1 aliphatic heterocycles. The third-order valence-electron chi connectivity index (χ3n) is 2.47. The van der Waals surface area contributed by atoms with Gasteiger partial charge in [0.15, 0.2) is 0 Å². The molecular weight excluding hydrogens is 176 g/mol. The third kappa shape index (κ3) is 4.74. The van der Waals surface area contributed by atoms with Crippen molar-refractivity contribution in [3.63, 3.8) is 0 Å². The Morgan fingerprint density at radius 3 is 3.14 bits per heavy atom. The van der Waals surface area contributed by atoms with Crippen LogP contribution in [0.25, 0.3) is 0 Å². The smallest absolute Gasteiger partial charge is 0.0826 e. The van der Waals surface area contributed by atoms with Gasteiger partial charge >= 0.3 is 0 Å². The van der Waals surface area contributed by atoms with E-state index >= 15 is 0 Å². The molecule has 1 saturated heterocycles. The highest BCUT2D eigenvalue weighted by molar-refractivity contribution is 4.72. The van der Waals surface area contributed by atoms with Crippen molar-refractivity contribution in [2.45, 2.75) is 18.9 Å². The average Bonchev–Trinajstić information content (AvgIpc) is 2.20. The fourth-order valence-corrected chi connectivity index (χ4v) is 1.68. The lowest BCUT2D eigenvalue weighted by atomic mass is 10.2. The molecule has 0 bridgehead atoms. The summed E-state index contributed by atoms with van der Waals surface area (Å²) in [6.45, 7) is 8.72. The highest BCUT2D eigenvalue weighted by Crippen LogP contribution is 2.00. The van der Waals surface area contributed by atoms with E-state index in [4.69, 9.17) is 4.74 Å². The Labute approximate surface area is 87.1 Å². The Morgan fingerprint density at radius 1 is 1.64 bits per heavy atom. The topological polar surface area (TPSA) is 24.5 Å². The molecule has 1 fully saturated rings. The lowest BCUT2D eigenvalue weighted by molar-refractivity contribution is 0.00999. The van der Waals surface area contributed by atoms with Crippen LogP contribution in [0, 0.1) is 0 Å². The van der Waals surface area contributed by atoms with Crippen molar-refractivity contribution in [2.24, 2.45) is 0 Å². The van der Waals surface area contributed by atoms with Gasteiger partial charge in [0, 0.05) is 19.6 Å². The number of nitrogens with one attached hydrogen (secondary N) is 1. The van der Waals surface area contributed by atoms with Gasteiger partial charge < -0.3 is 15.0 Å². The summed E-state index contributed by atoms with van der Waals surface area (Å²) in [5.74, 6) is 0. The van der Waals surface area contributed by atoms with E-state index in [9.17, 15) is 0 Å². The fraction of sp³-hybridized carbons (Fsp3) is 0.818. The van der Waals surface area contributed by atoms with E-state index in [1.54, 1.807) is 0 Å². The number of rotatable bonds is 6. The zero-order valence-electron chi connectivity index (χ0n) is 9.17. The molecule has 3 nitrogen and oxygen atoms in total. The van der Waals surface area contributed by atoms with Crippen molar-refractivity contribution in [1.29, 1.82) is 0 Å². The van der Waals surface area contributed by atoms with Crippen LogP contribution in [-0.4, -0.2) is 50.8 Å². The van der Waals surface area contributed by atoms with Crippen LogP contribution in [0.1, 0.15) is 12.8 Å². The molecule has 0 spiro atoms. The van der Waals surface area contributed by atoms with Crippen molar-refractivity contribution < 1.29 is 4.74 Å². The number of allylic oxidation sites excluding steroid dienone is 1. The average molecular weight is 198 g/mol. The van der Waals surface area contributed by atoms with Crippen LogP contribution in [0.3, 0.4) is 0 Å². The monoisotopic (exact) mass is 198 g/mol. The van der Waals surface area contributed by atoms with Gasteiger partial charge in [-0.3, -0.25) is 0 Å². The first-order valence-corrected chi connectivity index (χ1v) is 5.44. The molecule has 0 amide bonds. The minimum Gasteiger partial charge on any atom is -0.374 e. The van der Waals surface area contributed by atoms with E-state index in [1.165, 1.54) is 6.42 Å². The van der Waals surface area contributed by atoms with Gasteiger partial charge in [-0.2, -0.15) is 0 Å². The summed E-state index contributed by atoms with van der Waals surface area (Å²) in [6, 6.07) is 0. The van der Waals surface area contributed by atoms with Gasteiger partial charge in [-0.15, -0.1) is 6.58 Å². The van der Waals surface area contributed by atoms with Gasteiger partial charge in [0.25, 0.3) is 0 Å². The summed E-state index contributed by atoms with van der Waals surface area (Å²) < 4.78 is 5.63. The van der Waals surface area contributed by atoms with Crippen LogP contribution in [0.2, 0.25) is 0 Å². The fourth-order valence-electron chi connectivity index (χ4n) is 1.68. The predicted molar refractivity (Wildman–Crippen MR) is 59.5 cm³/mol. The number of unbranched alkanes of at least 4 members (excludes halogenated alkanes) is 1. The van der Waals surface area contributed by atoms with E-state index in [1.807, 2.05) is 6.08 Å². The molecule has 14 heavy (non-hydrogen) atoms. The number of hydrogen-bond donors (Lipinski definition) is 1. The minimum atomic E-state index is 0.373. The van der Waals surface area contributed by atoms with Crippen molar-refractivity contribution in [2.75, 3.05) is 39.8 Å². The summed E-state index contributed by atoms with van der Waals surface area (Å²) in [4.78, 5) is 2.33. The molecule has 1 N–H and O–H groups in total. The number of nitrogens with zero attached hydrogens (tertiary/aromatic N) is 1. The maximum absolute atomic E-state index is 5.63. The first kappa shape index (κ1) is 11.7. The summed E-state index contributed by atoms with van der Waals surface area (Å²) in [6.07, 6.45) is 4.65. The number of likely N-dealkylation sites (N-methyl/N-ethyl adjacent to an activating group) is 1. The number of ether oxygens (including phenoxy) is 1. The molecule has 0 aliphatic carbocycles. The molecule has 1 atom stereocenters. The van der Waals surface area contributed by atoms with Gasteiger partial charge in [-0.1, -0.05) is 6.08 Å². The van der Waals surface area contributed by atoms with Crippen LogP contribution in [0.4, 0.5) is 0 Å². The van der Waals surface area contributed by atoms with E-state index in [0.29, 0.717) is 6.10 Å². The second-order valence-electron chi connectivity index (χ2n) is 3.89. The second-order valence-corrected chi connectivity index (χ2v) is 3.89. The maximum atomic E-state index is 5.63. The van der Waals surface area contributed by atoms with Gasteiger partial charge in [-0.25, -0.2) is 0 Å². The molecule has 3 heteroatoms. The molecule has 1 rings (SSSR count). The Bertz CT molecular complexity index is 155. The van der Waals surface area contributed by atoms with Crippen molar-refractivity contribution in [3.8, 4) is 0 Å². The van der Waals surface area contributed by atoms with Crippen molar-refractivity contribution >= 4 is 0 Å². The molecule has 0 aromatic heterocycles. The van der Waals surface area contributed by atoms with Gasteiger partial charge in [-0.05, 0) is 26.4 Å².